The predicted octanol–water partition coefficient (Wildman–Crippen LogP) is 4.51. The maximum atomic E-state index is 3.73. The Morgan fingerprint density at radius 2 is 1.35 bits per heavy atom. The van der Waals surface area contributed by atoms with Crippen molar-refractivity contribution in [2.75, 3.05) is 6.54 Å². The number of rotatable bonds is 3. The minimum atomic E-state index is 0.278. The molecule has 1 nitrogen and oxygen atoms in total. The molecule has 1 aliphatic carbocycles. The lowest BCUT2D eigenvalue weighted by Crippen LogP contribution is -2.27. The molecular formula is C19H21N. The highest BCUT2D eigenvalue weighted by Crippen LogP contribution is 2.32. The highest BCUT2D eigenvalue weighted by Gasteiger charge is 2.20. The fourth-order valence-corrected chi connectivity index (χ4v) is 2.77. The Kier molecular flexibility index (Phi) is 3.70. The van der Waals surface area contributed by atoms with Crippen molar-refractivity contribution in [1.29, 1.82) is 0 Å². The van der Waals surface area contributed by atoms with Gasteiger partial charge in [0.05, 0.1) is 6.04 Å². The van der Waals surface area contributed by atoms with Crippen LogP contribution in [-0.2, 0) is 0 Å². The molecule has 2 aromatic carbocycles. The van der Waals surface area contributed by atoms with Gasteiger partial charge in [0.2, 0.25) is 0 Å². The van der Waals surface area contributed by atoms with Gasteiger partial charge in [0.1, 0.15) is 0 Å². The minimum Gasteiger partial charge on any atom is -0.306 e. The maximum Gasteiger partial charge on any atom is 0.0588 e. The summed E-state index contributed by atoms with van der Waals surface area (Å²) in [5.41, 5.74) is 5.36. The van der Waals surface area contributed by atoms with E-state index in [1.807, 2.05) is 0 Å². The van der Waals surface area contributed by atoms with Crippen LogP contribution < -0.4 is 5.32 Å². The first-order chi connectivity index (χ1) is 9.75. The van der Waals surface area contributed by atoms with E-state index in [1.165, 1.54) is 22.3 Å². The predicted molar refractivity (Wildman–Crippen MR) is 86.5 cm³/mol. The molecule has 0 heterocycles. The van der Waals surface area contributed by atoms with E-state index in [4.69, 9.17) is 0 Å². The quantitative estimate of drug-likeness (QED) is 0.859. The average Bonchev–Trinajstić information content (AvgIpc) is 2.62. The van der Waals surface area contributed by atoms with Crippen LogP contribution in [0.25, 0.3) is 12.2 Å². The number of nitrogens with one attached hydrogen (secondary N) is 1. The zero-order chi connectivity index (χ0) is 13.9. The standard InChI is InChI=1S/C19H21N/c1-14(2)13-20-19-17-9-5-3-7-15(17)11-12-16-8-4-6-10-18(16)19/h3-12,14,19-20H,13H2,1-2H3. The van der Waals surface area contributed by atoms with Gasteiger partial charge in [0.15, 0.2) is 0 Å². The van der Waals surface area contributed by atoms with Crippen molar-refractivity contribution < 1.29 is 0 Å². The molecule has 0 radical (unpaired) electrons. The Bertz CT molecular complexity index is 576. The van der Waals surface area contributed by atoms with Crippen molar-refractivity contribution in [1.82, 2.24) is 5.32 Å². The molecule has 0 amide bonds. The number of hydrogen-bond donors (Lipinski definition) is 1. The summed E-state index contributed by atoms with van der Waals surface area (Å²) in [6.07, 6.45) is 4.45. The van der Waals surface area contributed by atoms with Gasteiger partial charge in [-0.25, -0.2) is 0 Å². The van der Waals surface area contributed by atoms with Gasteiger partial charge in [-0.2, -0.15) is 0 Å². The van der Waals surface area contributed by atoms with Crippen LogP contribution in [0.3, 0.4) is 0 Å². The molecule has 1 N–H and O–H groups in total. The first-order valence-corrected chi connectivity index (χ1v) is 7.35. The van der Waals surface area contributed by atoms with Crippen LogP contribution in [0.5, 0.6) is 0 Å². The zero-order valence-electron chi connectivity index (χ0n) is 12.1. The molecule has 2 aromatic rings. The third-order valence-electron chi connectivity index (χ3n) is 3.79. The van der Waals surface area contributed by atoms with Crippen LogP contribution in [0.15, 0.2) is 48.5 Å². The van der Waals surface area contributed by atoms with Crippen LogP contribution in [-0.4, -0.2) is 6.54 Å². The summed E-state index contributed by atoms with van der Waals surface area (Å²) in [4.78, 5) is 0. The second-order valence-corrected chi connectivity index (χ2v) is 5.83. The molecule has 1 aliphatic rings. The third kappa shape index (κ3) is 2.54. The molecule has 0 bridgehead atoms. The van der Waals surface area contributed by atoms with Crippen LogP contribution in [0, 0.1) is 5.92 Å². The lowest BCUT2D eigenvalue weighted by atomic mass is 9.94. The Labute approximate surface area is 121 Å². The van der Waals surface area contributed by atoms with Gasteiger partial charge in [-0.1, -0.05) is 74.5 Å². The summed E-state index contributed by atoms with van der Waals surface area (Å²) in [6.45, 7) is 5.52. The highest BCUT2D eigenvalue weighted by molar-refractivity contribution is 5.76. The molecule has 0 aliphatic heterocycles. The summed E-state index contributed by atoms with van der Waals surface area (Å²) in [7, 11) is 0. The van der Waals surface area contributed by atoms with E-state index in [0.29, 0.717) is 5.92 Å². The van der Waals surface area contributed by atoms with Crippen molar-refractivity contribution >= 4 is 12.2 Å². The SMILES string of the molecule is CC(C)CNC1c2ccccc2C=Cc2ccccc21. The third-order valence-corrected chi connectivity index (χ3v) is 3.79. The van der Waals surface area contributed by atoms with Crippen LogP contribution in [0.4, 0.5) is 0 Å². The van der Waals surface area contributed by atoms with Gasteiger partial charge < -0.3 is 5.32 Å². The minimum absolute atomic E-state index is 0.278. The monoisotopic (exact) mass is 263 g/mol. The molecule has 0 unspecified atom stereocenters. The van der Waals surface area contributed by atoms with Crippen molar-refractivity contribution in [3.8, 4) is 0 Å². The summed E-state index contributed by atoms with van der Waals surface area (Å²) >= 11 is 0. The lowest BCUT2D eigenvalue weighted by Gasteiger charge is -2.23. The first-order valence-electron chi connectivity index (χ1n) is 7.35. The van der Waals surface area contributed by atoms with Crippen LogP contribution in [0.1, 0.15) is 42.1 Å². The Morgan fingerprint density at radius 3 is 1.85 bits per heavy atom. The number of hydrogen-bond acceptors (Lipinski definition) is 1. The van der Waals surface area contributed by atoms with E-state index in [2.05, 4.69) is 79.8 Å². The van der Waals surface area contributed by atoms with Crippen molar-refractivity contribution in [3.05, 3.63) is 70.8 Å². The molecule has 0 spiro atoms. The van der Waals surface area contributed by atoms with E-state index < -0.39 is 0 Å². The second-order valence-electron chi connectivity index (χ2n) is 5.83. The summed E-state index contributed by atoms with van der Waals surface area (Å²) in [6, 6.07) is 17.6. The first kappa shape index (κ1) is 13.1. The number of fused-ring (bicyclic) bond motifs is 2. The van der Waals surface area contributed by atoms with Crippen molar-refractivity contribution in [2.24, 2.45) is 5.92 Å². The van der Waals surface area contributed by atoms with Gasteiger partial charge in [0, 0.05) is 0 Å². The fraction of sp³-hybridized carbons (Fsp3) is 0.263. The molecule has 3 rings (SSSR count). The topological polar surface area (TPSA) is 12.0 Å². The summed E-state index contributed by atoms with van der Waals surface area (Å²) in [5, 5.41) is 3.73. The second kappa shape index (κ2) is 5.64. The maximum absolute atomic E-state index is 3.73. The molecule has 0 fully saturated rings. The summed E-state index contributed by atoms with van der Waals surface area (Å²) < 4.78 is 0. The van der Waals surface area contributed by atoms with Gasteiger partial charge in [-0.05, 0) is 34.7 Å². The Morgan fingerprint density at radius 1 is 0.850 bits per heavy atom. The van der Waals surface area contributed by atoms with E-state index >= 15 is 0 Å². The zero-order valence-corrected chi connectivity index (χ0v) is 12.1. The molecule has 0 atom stereocenters. The largest absolute Gasteiger partial charge is 0.306 e. The molecule has 0 saturated heterocycles. The van der Waals surface area contributed by atoms with Gasteiger partial charge in [0.25, 0.3) is 0 Å². The van der Waals surface area contributed by atoms with Gasteiger partial charge in [-0.3, -0.25) is 0 Å². The molecule has 20 heavy (non-hydrogen) atoms. The van der Waals surface area contributed by atoms with Crippen LogP contribution >= 0.6 is 0 Å². The van der Waals surface area contributed by atoms with Crippen molar-refractivity contribution in [3.63, 3.8) is 0 Å². The van der Waals surface area contributed by atoms with E-state index in [0.717, 1.165) is 6.54 Å². The Balaban J connectivity index is 2.08. The molecule has 0 saturated carbocycles. The summed E-state index contributed by atoms with van der Waals surface area (Å²) in [5.74, 6) is 0.644. The Hall–Kier alpha value is -1.86. The number of benzene rings is 2. The van der Waals surface area contributed by atoms with E-state index in [9.17, 15) is 0 Å². The average molecular weight is 263 g/mol. The van der Waals surface area contributed by atoms with Crippen LogP contribution in [0.2, 0.25) is 0 Å². The smallest absolute Gasteiger partial charge is 0.0588 e. The lowest BCUT2D eigenvalue weighted by molar-refractivity contribution is 0.512. The molecule has 1 heteroatoms. The van der Waals surface area contributed by atoms with E-state index in [-0.39, 0.29) is 6.04 Å². The normalized spacial score (nSPS) is 13.9. The van der Waals surface area contributed by atoms with E-state index in [1.54, 1.807) is 0 Å². The van der Waals surface area contributed by atoms with Gasteiger partial charge >= 0.3 is 0 Å². The highest BCUT2D eigenvalue weighted by atomic mass is 14.9. The molecular weight excluding hydrogens is 242 g/mol. The molecule has 0 aromatic heterocycles. The van der Waals surface area contributed by atoms with Crippen molar-refractivity contribution in [2.45, 2.75) is 19.9 Å². The van der Waals surface area contributed by atoms with Gasteiger partial charge in [-0.15, -0.1) is 0 Å². The fourth-order valence-electron chi connectivity index (χ4n) is 2.77. The molecule has 102 valence electrons.